The predicted octanol–water partition coefficient (Wildman–Crippen LogP) is 2.90. The molecule has 0 bridgehead atoms. The van der Waals surface area contributed by atoms with Crippen molar-refractivity contribution in [1.82, 2.24) is 10.2 Å². The van der Waals surface area contributed by atoms with Crippen LogP contribution in [0.1, 0.15) is 51.6 Å². The van der Waals surface area contributed by atoms with Crippen LogP contribution in [0.25, 0.3) is 0 Å². The number of amides is 2. The summed E-state index contributed by atoms with van der Waals surface area (Å²) in [5.41, 5.74) is 7.21. The molecule has 1 saturated heterocycles. The molecule has 2 amide bonds. The lowest BCUT2D eigenvalue weighted by Crippen LogP contribution is -2.48. The van der Waals surface area contributed by atoms with E-state index in [9.17, 15) is 9.59 Å². The molecular weight excluding hydrogens is 350 g/mol. The van der Waals surface area contributed by atoms with Gasteiger partial charge in [-0.15, -0.1) is 12.4 Å². The zero-order valence-corrected chi connectivity index (χ0v) is 16.8. The molecule has 1 heterocycles. The number of carbonyl (C=O) groups excluding carboxylic acids is 2. The van der Waals surface area contributed by atoms with E-state index in [1.807, 2.05) is 42.2 Å². The molecule has 0 aromatic heterocycles. The van der Waals surface area contributed by atoms with E-state index in [1.165, 1.54) is 0 Å². The molecule has 2 atom stereocenters. The second-order valence-electron chi connectivity index (χ2n) is 7.49. The van der Waals surface area contributed by atoms with Crippen LogP contribution in [-0.2, 0) is 9.59 Å². The molecule has 1 fully saturated rings. The summed E-state index contributed by atoms with van der Waals surface area (Å²) in [6.07, 6.45) is 2.21. The fourth-order valence-corrected chi connectivity index (χ4v) is 3.21. The van der Waals surface area contributed by atoms with E-state index in [0.29, 0.717) is 12.3 Å². The molecule has 26 heavy (non-hydrogen) atoms. The fraction of sp³-hybridized carbons (Fsp3) is 0.600. The molecule has 0 saturated carbocycles. The van der Waals surface area contributed by atoms with Crippen molar-refractivity contribution in [2.45, 2.75) is 52.1 Å². The number of hydrogen-bond donors (Lipinski definition) is 2. The number of halogens is 1. The van der Waals surface area contributed by atoms with Gasteiger partial charge in [-0.3, -0.25) is 9.59 Å². The van der Waals surface area contributed by atoms with Gasteiger partial charge in [0.1, 0.15) is 0 Å². The molecule has 1 aromatic rings. The number of benzene rings is 1. The summed E-state index contributed by atoms with van der Waals surface area (Å²) in [6, 6.07) is 9.53. The zero-order valence-electron chi connectivity index (χ0n) is 16.0. The Morgan fingerprint density at radius 3 is 2.27 bits per heavy atom. The van der Waals surface area contributed by atoms with E-state index in [-0.39, 0.29) is 42.2 Å². The standard InChI is InChI=1S/C20H31N3O2.ClH/c1-14(2)13-18(24)23-11-9-17(10-12-23)22-20(25)15(3)19(21)16-7-5-4-6-8-16;/h4-8,14-15,17,19H,9-13,21H2,1-3H3,(H,22,25);1H. The van der Waals surface area contributed by atoms with E-state index in [1.54, 1.807) is 0 Å². The van der Waals surface area contributed by atoms with Gasteiger partial charge in [-0.2, -0.15) is 0 Å². The van der Waals surface area contributed by atoms with Crippen LogP contribution in [-0.4, -0.2) is 35.8 Å². The van der Waals surface area contributed by atoms with E-state index in [0.717, 1.165) is 31.5 Å². The molecule has 0 aliphatic carbocycles. The minimum atomic E-state index is -0.311. The SMILES string of the molecule is CC(C)CC(=O)N1CCC(NC(=O)C(C)C(N)c2ccccc2)CC1.Cl. The first-order chi connectivity index (χ1) is 11.9. The molecule has 1 aliphatic rings. The Morgan fingerprint density at radius 1 is 1.15 bits per heavy atom. The zero-order chi connectivity index (χ0) is 18.4. The van der Waals surface area contributed by atoms with Crippen LogP contribution < -0.4 is 11.1 Å². The minimum absolute atomic E-state index is 0. The smallest absolute Gasteiger partial charge is 0.224 e. The molecule has 1 aromatic carbocycles. The van der Waals surface area contributed by atoms with E-state index in [2.05, 4.69) is 19.2 Å². The van der Waals surface area contributed by atoms with Crippen LogP contribution in [0.2, 0.25) is 0 Å². The molecular formula is C20H32ClN3O2. The molecule has 0 radical (unpaired) electrons. The highest BCUT2D eigenvalue weighted by Crippen LogP contribution is 2.20. The average molecular weight is 382 g/mol. The number of likely N-dealkylation sites (tertiary alicyclic amines) is 1. The fourth-order valence-electron chi connectivity index (χ4n) is 3.21. The topological polar surface area (TPSA) is 75.4 Å². The predicted molar refractivity (Wildman–Crippen MR) is 107 cm³/mol. The summed E-state index contributed by atoms with van der Waals surface area (Å²) in [4.78, 5) is 26.5. The van der Waals surface area contributed by atoms with Crippen molar-refractivity contribution < 1.29 is 9.59 Å². The summed E-state index contributed by atoms with van der Waals surface area (Å²) in [6.45, 7) is 7.42. The lowest BCUT2D eigenvalue weighted by molar-refractivity contribution is -0.133. The number of piperidine rings is 1. The molecule has 2 unspecified atom stereocenters. The van der Waals surface area contributed by atoms with Crippen molar-refractivity contribution >= 4 is 24.2 Å². The quantitative estimate of drug-likeness (QED) is 0.795. The van der Waals surface area contributed by atoms with Gasteiger partial charge in [0.2, 0.25) is 11.8 Å². The van der Waals surface area contributed by atoms with Crippen molar-refractivity contribution in [2.24, 2.45) is 17.6 Å². The van der Waals surface area contributed by atoms with Crippen LogP contribution in [0.15, 0.2) is 30.3 Å². The van der Waals surface area contributed by atoms with Crippen LogP contribution >= 0.6 is 12.4 Å². The summed E-state index contributed by atoms with van der Waals surface area (Å²) in [5.74, 6) is 0.302. The Kier molecular flexibility index (Phi) is 9.09. The first kappa shape index (κ1) is 22.5. The normalized spacial score (nSPS) is 17.3. The Hall–Kier alpha value is -1.59. The lowest BCUT2D eigenvalue weighted by Gasteiger charge is -2.33. The molecule has 0 spiro atoms. The number of rotatable bonds is 6. The van der Waals surface area contributed by atoms with Gasteiger partial charge < -0.3 is 16.0 Å². The average Bonchev–Trinajstić information content (AvgIpc) is 2.61. The van der Waals surface area contributed by atoms with Crippen molar-refractivity contribution in [3.05, 3.63) is 35.9 Å². The van der Waals surface area contributed by atoms with Gasteiger partial charge >= 0.3 is 0 Å². The highest BCUT2D eigenvalue weighted by Gasteiger charge is 2.27. The third-order valence-electron chi connectivity index (χ3n) is 4.91. The van der Waals surface area contributed by atoms with Crippen molar-refractivity contribution in [2.75, 3.05) is 13.1 Å². The maximum atomic E-state index is 12.5. The van der Waals surface area contributed by atoms with Crippen molar-refractivity contribution in [1.29, 1.82) is 0 Å². The second-order valence-corrected chi connectivity index (χ2v) is 7.49. The van der Waals surface area contributed by atoms with Crippen LogP contribution in [0.5, 0.6) is 0 Å². The van der Waals surface area contributed by atoms with Gasteiger partial charge in [-0.05, 0) is 24.3 Å². The van der Waals surface area contributed by atoms with Gasteiger partial charge in [-0.25, -0.2) is 0 Å². The Labute approximate surface area is 163 Å². The van der Waals surface area contributed by atoms with Crippen molar-refractivity contribution in [3.63, 3.8) is 0 Å². The number of nitrogens with zero attached hydrogens (tertiary/aromatic N) is 1. The monoisotopic (exact) mass is 381 g/mol. The Morgan fingerprint density at radius 2 is 1.73 bits per heavy atom. The number of hydrogen-bond acceptors (Lipinski definition) is 3. The summed E-state index contributed by atoms with van der Waals surface area (Å²) in [7, 11) is 0. The third-order valence-corrected chi connectivity index (χ3v) is 4.91. The molecule has 2 rings (SSSR count). The van der Waals surface area contributed by atoms with Gasteiger partial charge in [0.15, 0.2) is 0 Å². The van der Waals surface area contributed by atoms with E-state index in [4.69, 9.17) is 5.73 Å². The Bertz CT molecular complexity index is 572. The minimum Gasteiger partial charge on any atom is -0.353 e. The second kappa shape index (κ2) is 10.5. The van der Waals surface area contributed by atoms with Gasteiger partial charge in [0.05, 0.1) is 5.92 Å². The lowest BCUT2D eigenvalue weighted by atomic mass is 9.94. The van der Waals surface area contributed by atoms with E-state index < -0.39 is 0 Å². The summed E-state index contributed by atoms with van der Waals surface area (Å²) < 4.78 is 0. The number of nitrogens with two attached hydrogens (primary N) is 1. The maximum absolute atomic E-state index is 12.5. The van der Waals surface area contributed by atoms with Crippen molar-refractivity contribution in [3.8, 4) is 0 Å². The molecule has 6 heteroatoms. The van der Waals surface area contributed by atoms with Gasteiger partial charge in [0, 0.05) is 31.6 Å². The first-order valence-electron chi connectivity index (χ1n) is 9.27. The Balaban J connectivity index is 0.00000338. The molecule has 3 N–H and O–H groups in total. The number of nitrogens with one attached hydrogen (secondary N) is 1. The highest BCUT2D eigenvalue weighted by molar-refractivity contribution is 5.85. The largest absolute Gasteiger partial charge is 0.353 e. The highest BCUT2D eigenvalue weighted by atomic mass is 35.5. The summed E-state index contributed by atoms with van der Waals surface area (Å²) >= 11 is 0. The maximum Gasteiger partial charge on any atom is 0.224 e. The third kappa shape index (κ3) is 6.29. The molecule has 146 valence electrons. The van der Waals surface area contributed by atoms with E-state index >= 15 is 0 Å². The summed E-state index contributed by atoms with van der Waals surface area (Å²) in [5, 5.41) is 3.11. The van der Waals surface area contributed by atoms with Gasteiger partial charge in [-0.1, -0.05) is 51.1 Å². The van der Waals surface area contributed by atoms with Crippen LogP contribution in [0.4, 0.5) is 0 Å². The molecule has 1 aliphatic heterocycles. The first-order valence-corrected chi connectivity index (χ1v) is 9.27. The molecule has 5 nitrogen and oxygen atoms in total. The van der Waals surface area contributed by atoms with Gasteiger partial charge in [0.25, 0.3) is 0 Å². The number of carbonyl (C=O) groups is 2. The van der Waals surface area contributed by atoms with Crippen LogP contribution in [0.3, 0.4) is 0 Å². The van der Waals surface area contributed by atoms with Crippen LogP contribution in [0, 0.1) is 11.8 Å².